The number of hydrogen-bond donors (Lipinski definition) is 0. The summed E-state index contributed by atoms with van der Waals surface area (Å²) in [7, 11) is 0. The largest absolute Gasteiger partial charge is 0.372 e. The minimum Gasteiger partial charge on any atom is -0.372 e. The zero-order valence-corrected chi connectivity index (χ0v) is 8.94. The van der Waals surface area contributed by atoms with E-state index in [1.165, 1.54) is 5.56 Å². The van der Waals surface area contributed by atoms with Crippen LogP contribution in [0.2, 0.25) is 0 Å². The molecule has 0 amide bonds. The first-order valence-corrected chi connectivity index (χ1v) is 5.45. The number of ether oxygens (including phenoxy) is 1. The lowest BCUT2D eigenvalue weighted by molar-refractivity contribution is 0.101. The molecule has 1 fully saturated rings. The smallest absolute Gasteiger partial charge is 0.0983 e. The molecule has 1 aliphatic rings. The van der Waals surface area contributed by atoms with Crippen LogP contribution in [-0.2, 0) is 11.2 Å². The average molecular weight is 201 g/mol. The van der Waals surface area contributed by atoms with Gasteiger partial charge in [-0.25, -0.2) is 0 Å². The predicted molar refractivity (Wildman–Crippen MR) is 58.2 cm³/mol. The van der Waals surface area contributed by atoms with Gasteiger partial charge in [-0.2, -0.15) is 5.26 Å². The van der Waals surface area contributed by atoms with Gasteiger partial charge in [0.2, 0.25) is 0 Å². The van der Waals surface area contributed by atoms with Crippen molar-refractivity contribution >= 4 is 0 Å². The van der Waals surface area contributed by atoms with E-state index in [9.17, 15) is 0 Å². The van der Waals surface area contributed by atoms with Crippen molar-refractivity contribution in [1.29, 1.82) is 5.26 Å². The summed E-state index contributed by atoms with van der Waals surface area (Å²) in [5.74, 6) is 0.0254. The number of aryl methyl sites for hydroxylation is 1. The lowest BCUT2D eigenvalue weighted by atomic mass is 9.96. The molecule has 2 nitrogen and oxygen atoms in total. The highest BCUT2D eigenvalue weighted by molar-refractivity contribution is 5.26. The van der Waals surface area contributed by atoms with Gasteiger partial charge in [-0.05, 0) is 24.0 Å². The Labute approximate surface area is 90.5 Å². The molecule has 0 radical (unpaired) electrons. The lowest BCUT2D eigenvalue weighted by Gasteiger charge is -2.13. The zero-order valence-electron chi connectivity index (χ0n) is 8.94. The Morgan fingerprint density at radius 3 is 2.73 bits per heavy atom. The topological polar surface area (TPSA) is 33.0 Å². The van der Waals surface area contributed by atoms with Crippen molar-refractivity contribution in [2.75, 3.05) is 6.61 Å². The number of nitriles is 1. The third-order valence-electron chi connectivity index (χ3n) is 2.97. The van der Waals surface area contributed by atoms with Gasteiger partial charge in [0.05, 0.1) is 18.1 Å². The Hall–Kier alpha value is -1.33. The molecule has 2 rings (SSSR count). The van der Waals surface area contributed by atoms with Crippen molar-refractivity contribution in [3.05, 3.63) is 35.4 Å². The Kier molecular flexibility index (Phi) is 3.03. The Morgan fingerprint density at radius 2 is 2.13 bits per heavy atom. The van der Waals surface area contributed by atoms with Gasteiger partial charge in [-0.15, -0.1) is 0 Å². The second kappa shape index (κ2) is 4.46. The molecule has 0 aromatic heterocycles. The monoisotopic (exact) mass is 201 g/mol. The maximum atomic E-state index is 8.97. The third-order valence-corrected chi connectivity index (χ3v) is 2.97. The van der Waals surface area contributed by atoms with Crippen molar-refractivity contribution in [1.82, 2.24) is 0 Å². The molecule has 2 unspecified atom stereocenters. The SMILES string of the molecule is CCc1ccc(C2OCCC2C#N)cc1. The van der Waals surface area contributed by atoms with Gasteiger partial charge in [0, 0.05) is 6.61 Å². The van der Waals surface area contributed by atoms with Crippen molar-refractivity contribution in [3.63, 3.8) is 0 Å². The number of hydrogen-bond acceptors (Lipinski definition) is 2. The fraction of sp³-hybridized carbons (Fsp3) is 0.462. The molecule has 1 aromatic carbocycles. The molecule has 0 bridgehead atoms. The maximum absolute atomic E-state index is 8.97. The van der Waals surface area contributed by atoms with Crippen LogP contribution in [0, 0.1) is 17.2 Å². The van der Waals surface area contributed by atoms with Gasteiger partial charge in [-0.1, -0.05) is 31.2 Å². The summed E-state index contributed by atoms with van der Waals surface area (Å²) in [6.45, 7) is 2.84. The van der Waals surface area contributed by atoms with E-state index in [2.05, 4.69) is 37.3 Å². The summed E-state index contributed by atoms with van der Waals surface area (Å²) in [4.78, 5) is 0. The van der Waals surface area contributed by atoms with Gasteiger partial charge in [-0.3, -0.25) is 0 Å². The van der Waals surface area contributed by atoms with Gasteiger partial charge < -0.3 is 4.74 Å². The normalized spacial score (nSPS) is 25.1. The molecule has 0 aliphatic carbocycles. The van der Waals surface area contributed by atoms with E-state index >= 15 is 0 Å². The molecule has 1 aliphatic heterocycles. The Bertz CT molecular complexity index is 363. The van der Waals surface area contributed by atoms with Crippen LogP contribution < -0.4 is 0 Å². The number of benzene rings is 1. The maximum Gasteiger partial charge on any atom is 0.0983 e. The summed E-state index contributed by atoms with van der Waals surface area (Å²) in [5.41, 5.74) is 2.46. The molecular weight excluding hydrogens is 186 g/mol. The minimum absolute atomic E-state index is 0.0130. The van der Waals surface area contributed by atoms with E-state index in [1.54, 1.807) is 0 Å². The van der Waals surface area contributed by atoms with Crippen LogP contribution in [0.4, 0.5) is 0 Å². The molecular formula is C13H15NO. The molecule has 78 valence electrons. The highest BCUT2D eigenvalue weighted by Crippen LogP contribution is 2.33. The van der Waals surface area contributed by atoms with Gasteiger partial charge >= 0.3 is 0 Å². The second-order valence-electron chi connectivity index (χ2n) is 3.91. The fourth-order valence-electron chi connectivity index (χ4n) is 1.99. The van der Waals surface area contributed by atoms with Crippen LogP contribution in [-0.4, -0.2) is 6.61 Å². The molecule has 1 aromatic rings. The first-order chi connectivity index (χ1) is 7.35. The van der Waals surface area contributed by atoms with E-state index in [0.717, 1.165) is 18.4 Å². The quantitative estimate of drug-likeness (QED) is 0.737. The molecule has 1 heterocycles. The van der Waals surface area contributed by atoms with E-state index in [-0.39, 0.29) is 12.0 Å². The molecule has 2 atom stereocenters. The van der Waals surface area contributed by atoms with Gasteiger partial charge in [0.25, 0.3) is 0 Å². The van der Waals surface area contributed by atoms with E-state index < -0.39 is 0 Å². The van der Waals surface area contributed by atoms with Crippen LogP contribution in [0.3, 0.4) is 0 Å². The van der Waals surface area contributed by atoms with Crippen LogP contribution in [0.1, 0.15) is 30.6 Å². The summed E-state index contributed by atoms with van der Waals surface area (Å²) >= 11 is 0. The van der Waals surface area contributed by atoms with Crippen LogP contribution in [0.5, 0.6) is 0 Å². The third kappa shape index (κ3) is 2.03. The van der Waals surface area contributed by atoms with E-state index in [1.807, 2.05) is 0 Å². The Balaban J connectivity index is 2.19. The Morgan fingerprint density at radius 1 is 1.40 bits per heavy atom. The summed E-state index contributed by atoms with van der Waals surface area (Å²) in [6.07, 6.45) is 1.89. The molecule has 0 N–H and O–H groups in total. The first kappa shape index (κ1) is 10.2. The lowest BCUT2D eigenvalue weighted by Crippen LogP contribution is -2.05. The predicted octanol–water partition coefficient (Wildman–Crippen LogP) is 2.85. The average Bonchev–Trinajstić information content (AvgIpc) is 2.77. The number of rotatable bonds is 2. The zero-order chi connectivity index (χ0) is 10.7. The first-order valence-electron chi connectivity index (χ1n) is 5.45. The molecule has 15 heavy (non-hydrogen) atoms. The summed E-state index contributed by atoms with van der Waals surface area (Å²) < 4.78 is 5.59. The highest BCUT2D eigenvalue weighted by atomic mass is 16.5. The van der Waals surface area contributed by atoms with Crippen LogP contribution in [0.15, 0.2) is 24.3 Å². The van der Waals surface area contributed by atoms with E-state index in [0.29, 0.717) is 6.61 Å². The molecule has 0 spiro atoms. The van der Waals surface area contributed by atoms with Crippen LogP contribution in [0.25, 0.3) is 0 Å². The van der Waals surface area contributed by atoms with Gasteiger partial charge in [0.15, 0.2) is 0 Å². The number of nitrogens with zero attached hydrogens (tertiary/aromatic N) is 1. The van der Waals surface area contributed by atoms with Crippen molar-refractivity contribution in [3.8, 4) is 6.07 Å². The molecule has 0 saturated carbocycles. The van der Waals surface area contributed by atoms with Gasteiger partial charge in [0.1, 0.15) is 0 Å². The minimum atomic E-state index is -0.0130. The standard InChI is InChI=1S/C13H15NO/c1-2-10-3-5-11(6-4-10)13-12(9-14)7-8-15-13/h3-6,12-13H,2,7-8H2,1H3. The highest BCUT2D eigenvalue weighted by Gasteiger charge is 2.29. The van der Waals surface area contributed by atoms with Crippen molar-refractivity contribution in [2.45, 2.75) is 25.9 Å². The second-order valence-corrected chi connectivity index (χ2v) is 3.91. The summed E-state index contributed by atoms with van der Waals surface area (Å²) in [6, 6.07) is 10.7. The van der Waals surface area contributed by atoms with Crippen molar-refractivity contribution in [2.24, 2.45) is 5.92 Å². The van der Waals surface area contributed by atoms with E-state index in [4.69, 9.17) is 10.00 Å². The fourth-order valence-corrected chi connectivity index (χ4v) is 1.99. The summed E-state index contributed by atoms with van der Waals surface area (Å²) in [5, 5.41) is 8.97. The van der Waals surface area contributed by atoms with Crippen LogP contribution >= 0.6 is 0 Å². The molecule has 2 heteroatoms. The van der Waals surface area contributed by atoms with Crippen molar-refractivity contribution < 1.29 is 4.74 Å². The molecule has 1 saturated heterocycles.